The molecule has 1 aromatic carbocycles. The number of nitrogens with zero attached hydrogens (tertiary/aromatic N) is 2. The molecule has 1 aromatic rings. The van der Waals surface area contributed by atoms with Gasteiger partial charge in [-0.3, -0.25) is 9.59 Å². The van der Waals surface area contributed by atoms with Gasteiger partial charge in [0.15, 0.2) is 0 Å². The van der Waals surface area contributed by atoms with Crippen LogP contribution in [0.15, 0.2) is 29.2 Å². The van der Waals surface area contributed by atoms with Gasteiger partial charge < -0.3 is 10.2 Å². The minimum absolute atomic E-state index is 0.0410. The smallest absolute Gasteiger partial charge is 0.229 e. The van der Waals surface area contributed by atoms with Crippen LogP contribution < -0.4 is 5.32 Å². The highest BCUT2D eigenvalue weighted by Gasteiger charge is 2.33. The molecule has 0 bridgehead atoms. The van der Waals surface area contributed by atoms with Crippen molar-refractivity contribution in [1.82, 2.24) is 4.90 Å². The lowest BCUT2D eigenvalue weighted by atomic mass is 10.1. The van der Waals surface area contributed by atoms with Crippen LogP contribution in [0.5, 0.6) is 0 Å². The van der Waals surface area contributed by atoms with Crippen molar-refractivity contribution in [3.63, 3.8) is 0 Å². The number of likely N-dealkylation sites (tertiary alicyclic amines) is 1. The van der Waals surface area contributed by atoms with Crippen molar-refractivity contribution in [3.05, 3.63) is 24.3 Å². The molecule has 0 unspecified atom stereocenters. The molecular formula is C16H19N3O2S. The third kappa shape index (κ3) is 4.01. The first kappa shape index (κ1) is 16.4. The summed E-state index contributed by atoms with van der Waals surface area (Å²) in [7, 11) is 0. The highest BCUT2D eigenvalue weighted by molar-refractivity contribution is 7.99. The molecule has 2 rings (SSSR count). The number of para-hydroxylation sites is 1. The average molecular weight is 317 g/mol. The molecule has 0 aromatic heterocycles. The predicted octanol–water partition coefficient (Wildman–Crippen LogP) is 2.50. The highest BCUT2D eigenvalue weighted by Crippen LogP contribution is 2.28. The standard InChI is InChI=1S/C16H19N3O2S/c1-2-19-11-12(10-15(19)20)16(21)18-13-6-3-4-7-14(13)22-9-5-8-17/h3-4,6-7,12H,2,5,9-11H2,1H3,(H,18,21)/t12-/m1/s1. The van der Waals surface area contributed by atoms with Crippen molar-refractivity contribution in [2.24, 2.45) is 5.92 Å². The van der Waals surface area contributed by atoms with Crippen molar-refractivity contribution in [2.45, 2.75) is 24.7 Å². The van der Waals surface area contributed by atoms with E-state index >= 15 is 0 Å². The van der Waals surface area contributed by atoms with Gasteiger partial charge >= 0.3 is 0 Å². The van der Waals surface area contributed by atoms with E-state index in [-0.39, 0.29) is 24.2 Å². The van der Waals surface area contributed by atoms with Gasteiger partial charge in [0.25, 0.3) is 0 Å². The lowest BCUT2D eigenvalue weighted by molar-refractivity contribution is -0.128. The van der Waals surface area contributed by atoms with E-state index in [1.807, 2.05) is 31.2 Å². The zero-order valence-corrected chi connectivity index (χ0v) is 13.4. The topological polar surface area (TPSA) is 73.2 Å². The largest absolute Gasteiger partial charge is 0.342 e. The first-order valence-corrected chi connectivity index (χ1v) is 8.31. The van der Waals surface area contributed by atoms with Gasteiger partial charge in [0.05, 0.1) is 17.7 Å². The third-order valence-corrected chi connectivity index (χ3v) is 4.66. The molecule has 6 heteroatoms. The Labute approximate surface area is 134 Å². The monoisotopic (exact) mass is 317 g/mol. The Balaban J connectivity index is 2.00. The van der Waals surface area contributed by atoms with Crippen molar-refractivity contribution in [3.8, 4) is 6.07 Å². The molecule has 0 saturated carbocycles. The number of rotatable bonds is 6. The summed E-state index contributed by atoms with van der Waals surface area (Å²) in [5.41, 5.74) is 0.748. The van der Waals surface area contributed by atoms with Gasteiger partial charge in [-0.15, -0.1) is 11.8 Å². The summed E-state index contributed by atoms with van der Waals surface area (Å²) in [6, 6.07) is 9.65. The molecule has 1 heterocycles. The molecule has 1 N–H and O–H groups in total. The molecular weight excluding hydrogens is 298 g/mol. The number of thioether (sulfide) groups is 1. The highest BCUT2D eigenvalue weighted by atomic mass is 32.2. The summed E-state index contributed by atoms with van der Waals surface area (Å²) in [4.78, 5) is 26.7. The van der Waals surface area contributed by atoms with Gasteiger partial charge in [0.2, 0.25) is 11.8 Å². The summed E-state index contributed by atoms with van der Waals surface area (Å²) >= 11 is 1.55. The number of anilines is 1. The Kier molecular flexibility index (Phi) is 5.84. The normalized spacial score (nSPS) is 17.4. The molecule has 1 fully saturated rings. The number of hydrogen-bond acceptors (Lipinski definition) is 4. The van der Waals surface area contributed by atoms with E-state index in [2.05, 4.69) is 11.4 Å². The summed E-state index contributed by atoms with van der Waals surface area (Å²) in [5, 5.41) is 11.5. The number of carbonyl (C=O) groups excluding carboxylic acids is 2. The SMILES string of the molecule is CCN1C[C@H](C(=O)Nc2ccccc2SCCC#N)CC1=O. The zero-order valence-electron chi connectivity index (χ0n) is 12.5. The fourth-order valence-electron chi connectivity index (χ4n) is 2.39. The molecule has 1 saturated heterocycles. The molecule has 1 aliphatic heterocycles. The molecule has 0 spiro atoms. The van der Waals surface area contributed by atoms with Gasteiger partial charge in [-0.1, -0.05) is 12.1 Å². The second kappa shape index (κ2) is 7.85. The second-order valence-corrected chi connectivity index (χ2v) is 6.21. The summed E-state index contributed by atoms with van der Waals surface area (Å²) in [5.74, 6) is 0.330. The Bertz CT molecular complexity index is 597. The molecule has 1 aliphatic rings. The Hall–Kier alpha value is -2.00. The summed E-state index contributed by atoms with van der Waals surface area (Å²) < 4.78 is 0. The number of carbonyl (C=O) groups is 2. The quantitative estimate of drug-likeness (QED) is 0.646. The average Bonchev–Trinajstić information content (AvgIpc) is 2.90. The Morgan fingerprint density at radius 1 is 1.50 bits per heavy atom. The van der Waals surface area contributed by atoms with E-state index in [0.29, 0.717) is 25.3 Å². The van der Waals surface area contributed by atoms with Crippen LogP contribution in [0, 0.1) is 17.2 Å². The third-order valence-electron chi connectivity index (χ3n) is 3.58. The maximum atomic E-state index is 12.4. The van der Waals surface area contributed by atoms with Crippen molar-refractivity contribution >= 4 is 29.3 Å². The number of benzene rings is 1. The molecule has 0 radical (unpaired) electrons. The van der Waals surface area contributed by atoms with Crippen LogP contribution in [-0.2, 0) is 9.59 Å². The van der Waals surface area contributed by atoms with Gasteiger partial charge in [0.1, 0.15) is 0 Å². The lowest BCUT2D eigenvalue weighted by Gasteiger charge is -2.15. The number of amides is 2. The number of hydrogen-bond donors (Lipinski definition) is 1. The molecule has 5 nitrogen and oxygen atoms in total. The first-order valence-electron chi connectivity index (χ1n) is 7.33. The van der Waals surface area contributed by atoms with E-state index < -0.39 is 0 Å². The number of nitrogens with one attached hydrogen (secondary N) is 1. The molecule has 116 valence electrons. The fourth-order valence-corrected chi connectivity index (χ4v) is 3.25. The first-order chi connectivity index (χ1) is 10.7. The zero-order chi connectivity index (χ0) is 15.9. The minimum atomic E-state index is -0.287. The van der Waals surface area contributed by atoms with Gasteiger partial charge in [0, 0.05) is 36.6 Å². The number of nitriles is 1. The summed E-state index contributed by atoms with van der Waals surface area (Å²) in [6.45, 7) is 3.05. The van der Waals surface area contributed by atoms with Gasteiger partial charge in [-0.05, 0) is 19.1 Å². The maximum Gasteiger partial charge on any atom is 0.229 e. The van der Waals surface area contributed by atoms with Crippen LogP contribution in [0.25, 0.3) is 0 Å². The maximum absolute atomic E-state index is 12.4. The predicted molar refractivity (Wildman–Crippen MR) is 86.4 cm³/mol. The van der Waals surface area contributed by atoms with E-state index in [1.165, 1.54) is 0 Å². The second-order valence-electron chi connectivity index (χ2n) is 5.08. The lowest BCUT2D eigenvalue weighted by Crippen LogP contribution is -2.28. The molecule has 1 atom stereocenters. The van der Waals surface area contributed by atoms with Crippen molar-refractivity contribution in [1.29, 1.82) is 5.26 Å². The van der Waals surface area contributed by atoms with E-state index in [0.717, 1.165) is 10.6 Å². The van der Waals surface area contributed by atoms with E-state index in [9.17, 15) is 9.59 Å². The molecule has 2 amide bonds. The summed E-state index contributed by atoms with van der Waals surface area (Å²) in [6.07, 6.45) is 0.749. The Morgan fingerprint density at radius 3 is 2.95 bits per heavy atom. The van der Waals surface area contributed by atoms with E-state index in [4.69, 9.17) is 5.26 Å². The van der Waals surface area contributed by atoms with Crippen LogP contribution in [0.3, 0.4) is 0 Å². The minimum Gasteiger partial charge on any atom is -0.342 e. The fraction of sp³-hybridized carbons (Fsp3) is 0.438. The molecule has 22 heavy (non-hydrogen) atoms. The van der Waals surface area contributed by atoms with Gasteiger partial charge in [-0.2, -0.15) is 5.26 Å². The van der Waals surface area contributed by atoms with Crippen LogP contribution in [0.1, 0.15) is 19.8 Å². The van der Waals surface area contributed by atoms with Crippen LogP contribution >= 0.6 is 11.8 Å². The van der Waals surface area contributed by atoms with Crippen molar-refractivity contribution in [2.75, 3.05) is 24.2 Å². The Morgan fingerprint density at radius 2 is 2.27 bits per heavy atom. The van der Waals surface area contributed by atoms with Crippen molar-refractivity contribution < 1.29 is 9.59 Å². The molecule has 0 aliphatic carbocycles. The van der Waals surface area contributed by atoms with Crippen LogP contribution in [0.4, 0.5) is 5.69 Å². The van der Waals surface area contributed by atoms with Gasteiger partial charge in [-0.25, -0.2) is 0 Å². The van der Waals surface area contributed by atoms with Crippen LogP contribution in [-0.4, -0.2) is 35.6 Å². The van der Waals surface area contributed by atoms with Crippen LogP contribution in [0.2, 0.25) is 0 Å². The van der Waals surface area contributed by atoms with E-state index in [1.54, 1.807) is 16.7 Å².